The van der Waals surface area contributed by atoms with Crippen LogP contribution in [0.1, 0.15) is 5.56 Å². The van der Waals surface area contributed by atoms with Gasteiger partial charge in [-0.15, -0.1) is 0 Å². The minimum absolute atomic E-state index is 0.813. The molecule has 76 valence electrons. The highest BCUT2D eigenvalue weighted by molar-refractivity contribution is 14.1. The molecule has 0 amide bonds. The summed E-state index contributed by atoms with van der Waals surface area (Å²) in [5.41, 5.74) is 1.26. The Balaban J connectivity index is 1.96. The van der Waals surface area contributed by atoms with Crippen LogP contribution >= 0.6 is 22.6 Å². The zero-order valence-electron chi connectivity index (χ0n) is 8.15. The van der Waals surface area contributed by atoms with Crippen LogP contribution in [0.3, 0.4) is 0 Å². The Morgan fingerprint density at radius 2 is 1.87 bits per heavy atom. The molecule has 3 heteroatoms. The number of rotatable bonds is 3. The maximum atomic E-state index is 4.20. The first kappa shape index (κ1) is 10.4. The van der Waals surface area contributed by atoms with Crippen LogP contribution in [0.5, 0.6) is 0 Å². The van der Waals surface area contributed by atoms with E-state index in [2.05, 4.69) is 57.2 Å². The zero-order valence-corrected chi connectivity index (χ0v) is 10.3. The Kier molecular flexibility index (Phi) is 3.55. The van der Waals surface area contributed by atoms with Gasteiger partial charge in [0.1, 0.15) is 5.82 Å². The first-order chi connectivity index (χ1) is 7.34. The highest BCUT2D eigenvalue weighted by Gasteiger charge is 1.93. The minimum Gasteiger partial charge on any atom is -0.366 e. The molecule has 1 heterocycles. The Labute approximate surface area is 103 Å². The lowest BCUT2D eigenvalue weighted by molar-refractivity contribution is 1.11. The molecule has 2 rings (SSSR count). The normalized spacial score (nSPS) is 9.93. The fourth-order valence-corrected chi connectivity index (χ4v) is 1.62. The van der Waals surface area contributed by atoms with Crippen molar-refractivity contribution in [2.75, 3.05) is 5.32 Å². The van der Waals surface area contributed by atoms with E-state index in [4.69, 9.17) is 0 Å². The van der Waals surface area contributed by atoms with Gasteiger partial charge in [-0.3, -0.25) is 0 Å². The van der Waals surface area contributed by atoms with Crippen molar-refractivity contribution in [3.05, 3.63) is 57.8 Å². The number of nitrogens with zero attached hydrogens (tertiary/aromatic N) is 1. The van der Waals surface area contributed by atoms with Crippen molar-refractivity contribution in [3.8, 4) is 0 Å². The molecule has 0 aliphatic heterocycles. The third kappa shape index (κ3) is 3.20. The van der Waals surface area contributed by atoms with Gasteiger partial charge >= 0.3 is 0 Å². The molecule has 0 unspecified atom stereocenters. The predicted molar refractivity (Wildman–Crippen MR) is 70.7 cm³/mol. The van der Waals surface area contributed by atoms with E-state index >= 15 is 0 Å². The van der Waals surface area contributed by atoms with Crippen molar-refractivity contribution in [2.24, 2.45) is 0 Å². The largest absolute Gasteiger partial charge is 0.366 e. The molecule has 2 nitrogen and oxygen atoms in total. The summed E-state index contributed by atoms with van der Waals surface area (Å²) in [6.45, 7) is 0.813. The summed E-state index contributed by atoms with van der Waals surface area (Å²) >= 11 is 2.30. The lowest BCUT2D eigenvalue weighted by atomic mass is 10.2. The van der Waals surface area contributed by atoms with E-state index in [1.165, 1.54) is 9.13 Å². The van der Waals surface area contributed by atoms with Gasteiger partial charge in [-0.2, -0.15) is 0 Å². The van der Waals surface area contributed by atoms with Crippen LogP contribution in [0.2, 0.25) is 0 Å². The molecule has 0 aliphatic carbocycles. The topological polar surface area (TPSA) is 24.9 Å². The Hall–Kier alpha value is -1.10. The average Bonchev–Trinajstić information content (AvgIpc) is 2.30. The second-order valence-corrected chi connectivity index (χ2v) is 4.44. The van der Waals surface area contributed by atoms with E-state index in [0.29, 0.717) is 0 Å². The molecule has 0 aliphatic rings. The molecule has 1 aromatic carbocycles. The molecule has 0 bridgehead atoms. The Bertz CT molecular complexity index is 411. The Morgan fingerprint density at radius 1 is 1.07 bits per heavy atom. The van der Waals surface area contributed by atoms with Crippen LogP contribution in [0.25, 0.3) is 0 Å². The maximum Gasteiger partial charge on any atom is 0.126 e. The van der Waals surface area contributed by atoms with E-state index in [1.54, 1.807) is 6.20 Å². The molecule has 0 saturated heterocycles. The molecule has 15 heavy (non-hydrogen) atoms. The molecule has 0 fully saturated rings. The van der Waals surface area contributed by atoms with E-state index < -0.39 is 0 Å². The number of hydrogen-bond acceptors (Lipinski definition) is 2. The van der Waals surface area contributed by atoms with Gasteiger partial charge in [0, 0.05) is 16.3 Å². The van der Waals surface area contributed by atoms with Crippen molar-refractivity contribution in [1.82, 2.24) is 4.98 Å². The lowest BCUT2D eigenvalue weighted by Crippen LogP contribution is -2.00. The molecule has 0 atom stereocenters. The quantitative estimate of drug-likeness (QED) is 0.880. The number of pyridine rings is 1. The van der Waals surface area contributed by atoms with Gasteiger partial charge in [-0.25, -0.2) is 4.98 Å². The van der Waals surface area contributed by atoms with Crippen LogP contribution in [0.15, 0.2) is 48.7 Å². The third-order valence-electron chi connectivity index (χ3n) is 2.05. The number of hydrogen-bond donors (Lipinski definition) is 1. The van der Waals surface area contributed by atoms with Crippen molar-refractivity contribution < 1.29 is 0 Å². The number of anilines is 1. The maximum absolute atomic E-state index is 4.20. The fourth-order valence-electron chi connectivity index (χ4n) is 1.26. The van der Waals surface area contributed by atoms with Gasteiger partial charge in [0.05, 0.1) is 0 Å². The third-order valence-corrected chi connectivity index (χ3v) is 2.77. The lowest BCUT2D eigenvalue weighted by Gasteiger charge is -2.04. The fraction of sp³-hybridized carbons (Fsp3) is 0.0833. The number of aromatic nitrogens is 1. The second-order valence-electron chi connectivity index (χ2n) is 3.19. The highest BCUT2D eigenvalue weighted by Crippen LogP contribution is 2.08. The summed E-state index contributed by atoms with van der Waals surface area (Å²) < 4.78 is 1.26. The van der Waals surface area contributed by atoms with Crippen LogP contribution < -0.4 is 5.32 Å². The molecular weight excluding hydrogens is 299 g/mol. The van der Waals surface area contributed by atoms with Crippen LogP contribution in [-0.4, -0.2) is 4.98 Å². The molecule has 2 aromatic rings. The van der Waals surface area contributed by atoms with Crippen LogP contribution in [0, 0.1) is 3.57 Å². The van der Waals surface area contributed by atoms with Crippen LogP contribution in [0.4, 0.5) is 5.82 Å². The summed E-state index contributed by atoms with van der Waals surface area (Å²) in [7, 11) is 0. The summed E-state index contributed by atoms with van der Waals surface area (Å²) in [6, 6.07) is 14.3. The number of halogens is 1. The SMILES string of the molecule is Ic1ccc(CNc2ccccn2)cc1. The second kappa shape index (κ2) is 5.11. The molecular formula is C12H11IN2. The van der Waals surface area contributed by atoms with Gasteiger partial charge in [-0.1, -0.05) is 18.2 Å². The first-order valence-electron chi connectivity index (χ1n) is 4.74. The summed E-state index contributed by atoms with van der Waals surface area (Å²) in [5, 5.41) is 3.27. The van der Waals surface area contributed by atoms with E-state index in [1.807, 2.05) is 18.2 Å². The Morgan fingerprint density at radius 3 is 2.53 bits per heavy atom. The summed E-state index contributed by atoms with van der Waals surface area (Å²) in [4.78, 5) is 4.20. The summed E-state index contributed by atoms with van der Waals surface area (Å²) in [6.07, 6.45) is 1.79. The molecule has 1 N–H and O–H groups in total. The minimum atomic E-state index is 0.813. The first-order valence-corrected chi connectivity index (χ1v) is 5.82. The van der Waals surface area contributed by atoms with Crippen LogP contribution in [-0.2, 0) is 6.54 Å². The number of benzene rings is 1. The van der Waals surface area contributed by atoms with E-state index in [-0.39, 0.29) is 0 Å². The van der Waals surface area contributed by atoms with Crippen molar-refractivity contribution in [2.45, 2.75) is 6.54 Å². The van der Waals surface area contributed by atoms with E-state index in [0.717, 1.165) is 12.4 Å². The average molecular weight is 310 g/mol. The smallest absolute Gasteiger partial charge is 0.126 e. The molecule has 0 saturated carbocycles. The van der Waals surface area contributed by atoms with Gasteiger partial charge in [0.25, 0.3) is 0 Å². The summed E-state index contributed by atoms with van der Waals surface area (Å²) in [5.74, 6) is 0.913. The predicted octanol–water partition coefficient (Wildman–Crippen LogP) is 3.30. The van der Waals surface area contributed by atoms with Gasteiger partial charge < -0.3 is 5.32 Å². The van der Waals surface area contributed by atoms with Gasteiger partial charge in [0.2, 0.25) is 0 Å². The van der Waals surface area contributed by atoms with E-state index in [9.17, 15) is 0 Å². The van der Waals surface area contributed by atoms with Crippen molar-refractivity contribution in [3.63, 3.8) is 0 Å². The standard InChI is InChI=1S/C12H11IN2/c13-11-6-4-10(5-7-11)9-15-12-3-1-2-8-14-12/h1-8H,9H2,(H,14,15). The highest BCUT2D eigenvalue weighted by atomic mass is 127. The molecule has 0 spiro atoms. The molecule has 1 aromatic heterocycles. The van der Waals surface area contributed by atoms with Crippen molar-refractivity contribution in [1.29, 1.82) is 0 Å². The van der Waals surface area contributed by atoms with Gasteiger partial charge in [-0.05, 0) is 52.4 Å². The number of nitrogens with one attached hydrogen (secondary N) is 1. The monoisotopic (exact) mass is 310 g/mol. The van der Waals surface area contributed by atoms with Gasteiger partial charge in [0.15, 0.2) is 0 Å². The zero-order chi connectivity index (χ0) is 10.5. The molecule has 0 radical (unpaired) electrons. The van der Waals surface area contributed by atoms with Crippen molar-refractivity contribution >= 4 is 28.4 Å².